The van der Waals surface area contributed by atoms with Crippen LogP contribution in [0.25, 0.3) is 0 Å². The maximum Gasteiger partial charge on any atom is 0.325 e. The molecule has 0 radical (unpaired) electrons. The van der Waals surface area contributed by atoms with Crippen LogP contribution in [0, 0.1) is 0 Å². The van der Waals surface area contributed by atoms with Crippen LogP contribution in [0.15, 0.2) is 16.5 Å². The SMILES string of the molecule is COC(=O)CNC(=O)c1ccc(OC)o1. The van der Waals surface area contributed by atoms with Gasteiger partial charge in [0.25, 0.3) is 11.9 Å². The number of amides is 1. The molecule has 1 aromatic heterocycles. The Bertz CT molecular complexity index is 357. The third kappa shape index (κ3) is 3.01. The second-order valence-electron chi connectivity index (χ2n) is 2.58. The van der Waals surface area contributed by atoms with E-state index in [1.54, 1.807) is 0 Å². The molecule has 0 aliphatic carbocycles. The molecular weight excluding hydrogens is 202 g/mol. The quantitative estimate of drug-likeness (QED) is 0.722. The molecule has 0 aliphatic heterocycles. The summed E-state index contributed by atoms with van der Waals surface area (Å²) >= 11 is 0. The van der Waals surface area contributed by atoms with E-state index in [0.717, 1.165) is 0 Å². The molecule has 1 aromatic rings. The highest BCUT2D eigenvalue weighted by atomic mass is 16.6. The first-order valence-electron chi connectivity index (χ1n) is 4.16. The number of nitrogens with one attached hydrogen (secondary N) is 1. The maximum atomic E-state index is 11.3. The van der Waals surface area contributed by atoms with Crippen LogP contribution in [0.1, 0.15) is 10.6 Å². The number of furan rings is 1. The molecule has 0 aliphatic rings. The van der Waals surface area contributed by atoms with Crippen molar-refractivity contribution in [1.29, 1.82) is 0 Å². The highest BCUT2D eigenvalue weighted by Crippen LogP contribution is 2.14. The topological polar surface area (TPSA) is 77.8 Å². The minimum atomic E-state index is -0.526. The van der Waals surface area contributed by atoms with E-state index in [-0.39, 0.29) is 18.3 Å². The second kappa shape index (κ2) is 5.04. The van der Waals surface area contributed by atoms with Crippen LogP contribution in [0.4, 0.5) is 0 Å². The zero-order valence-corrected chi connectivity index (χ0v) is 8.40. The van der Waals surface area contributed by atoms with Gasteiger partial charge >= 0.3 is 5.97 Å². The number of carbonyl (C=O) groups excluding carboxylic acids is 2. The molecule has 0 atom stereocenters. The standard InChI is InChI=1S/C9H11NO5/c1-13-7(11)5-10-9(12)6-3-4-8(14-2)15-6/h3-4H,5H2,1-2H3,(H,10,12). The molecule has 1 heterocycles. The highest BCUT2D eigenvalue weighted by molar-refractivity contribution is 5.93. The first-order chi connectivity index (χ1) is 7.17. The monoisotopic (exact) mass is 213 g/mol. The fourth-order valence-electron chi connectivity index (χ4n) is 0.864. The zero-order valence-electron chi connectivity index (χ0n) is 8.40. The largest absolute Gasteiger partial charge is 0.468 e. The lowest BCUT2D eigenvalue weighted by Gasteiger charge is -2.00. The van der Waals surface area contributed by atoms with Gasteiger partial charge in [0, 0.05) is 6.07 Å². The van der Waals surface area contributed by atoms with Crippen molar-refractivity contribution in [3.05, 3.63) is 17.9 Å². The molecule has 1 rings (SSSR count). The number of hydrogen-bond acceptors (Lipinski definition) is 5. The Morgan fingerprint density at radius 3 is 2.67 bits per heavy atom. The molecular formula is C9H11NO5. The van der Waals surface area contributed by atoms with Gasteiger partial charge in [-0.15, -0.1) is 0 Å². The lowest BCUT2D eigenvalue weighted by Crippen LogP contribution is -2.29. The fraction of sp³-hybridized carbons (Fsp3) is 0.333. The molecule has 0 unspecified atom stereocenters. The molecule has 1 N–H and O–H groups in total. The Hall–Kier alpha value is -1.98. The van der Waals surface area contributed by atoms with E-state index >= 15 is 0 Å². The van der Waals surface area contributed by atoms with Gasteiger partial charge in [0.15, 0.2) is 5.76 Å². The van der Waals surface area contributed by atoms with Crippen molar-refractivity contribution >= 4 is 11.9 Å². The smallest absolute Gasteiger partial charge is 0.325 e. The summed E-state index contributed by atoms with van der Waals surface area (Å²) in [6, 6.07) is 2.96. The van der Waals surface area contributed by atoms with Crippen LogP contribution in [-0.2, 0) is 9.53 Å². The summed E-state index contributed by atoms with van der Waals surface area (Å²) in [5.74, 6) is -0.709. The summed E-state index contributed by atoms with van der Waals surface area (Å²) in [6.45, 7) is -0.196. The van der Waals surface area contributed by atoms with Crippen LogP contribution in [0.5, 0.6) is 5.95 Å². The minimum absolute atomic E-state index is 0.0794. The van der Waals surface area contributed by atoms with Crippen molar-refractivity contribution in [3.8, 4) is 5.95 Å². The van der Waals surface area contributed by atoms with Crippen molar-refractivity contribution < 1.29 is 23.5 Å². The molecule has 1 amide bonds. The lowest BCUT2D eigenvalue weighted by molar-refractivity contribution is -0.139. The Labute approximate surface area is 86.2 Å². The van der Waals surface area contributed by atoms with Gasteiger partial charge in [-0.3, -0.25) is 9.59 Å². The van der Waals surface area contributed by atoms with Crippen LogP contribution in [0.2, 0.25) is 0 Å². The van der Waals surface area contributed by atoms with Gasteiger partial charge in [-0.25, -0.2) is 0 Å². The van der Waals surface area contributed by atoms with Crippen molar-refractivity contribution in [3.63, 3.8) is 0 Å². The zero-order chi connectivity index (χ0) is 11.3. The van der Waals surface area contributed by atoms with Crippen molar-refractivity contribution in [1.82, 2.24) is 5.32 Å². The molecule has 6 heteroatoms. The number of methoxy groups -OCH3 is 2. The number of hydrogen-bond donors (Lipinski definition) is 1. The van der Waals surface area contributed by atoms with Gasteiger partial charge in [0.2, 0.25) is 0 Å². The van der Waals surface area contributed by atoms with Gasteiger partial charge in [-0.2, -0.15) is 0 Å². The van der Waals surface area contributed by atoms with Gasteiger partial charge < -0.3 is 19.2 Å². The van der Waals surface area contributed by atoms with Crippen molar-refractivity contribution in [2.75, 3.05) is 20.8 Å². The predicted molar refractivity (Wildman–Crippen MR) is 49.6 cm³/mol. The molecule has 6 nitrogen and oxygen atoms in total. The van der Waals surface area contributed by atoms with Gasteiger partial charge in [0.05, 0.1) is 14.2 Å². The Morgan fingerprint density at radius 2 is 2.13 bits per heavy atom. The average Bonchev–Trinajstić information content (AvgIpc) is 2.73. The molecule has 82 valence electrons. The maximum absolute atomic E-state index is 11.3. The number of ether oxygens (including phenoxy) is 2. The van der Waals surface area contributed by atoms with Gasteiger partial charge in [-0.1, -0.05) is 0 Å². The average molecular weight is 213 g/mol. The summed E-state index contributed by atoms with van der Waals surface area (Å²) < 4.78 is 14.1. The van der Waals surface area contributed by atoms with Crippen LogP contribution >= 0.6 is 0 Å². The first kappa shape index (κ1) is 11.1. The summed E-state index contributed by atoms with van der Waals surface area (Å²) in [5.41, 5.74) is 0. The Balaban J connectivity index is 2.50. The number of esters is 1. The van der Waals surface area contributed by atoms with E-state index in [1.165, 1.54) is 26.4 Å². The predicted octanol–water partition coefficient (Wildman–Crippen LogP) is 0.191. The van der Waals surface area contributed by atoms with Gasteiger partial charge in [-0.05, 0) is 6.07 Å². The summed E-state index contributed by atoms with van der Waals surface area (Å²) in [4.78, 5) is 22.0. The number of carbonyl (C=O) groups is 2. The van der Waals surface area contributed by atoms with E-state index < -0.39 is 11.9 Å². The summed E-state index contributed by atoms with van der Waals surface area (Å²) in [6.07, 6.45) is 0. The van der Waals surface area contributed by atoms with E-state index in [0.29, 0.717) is 0 Å². The first-order valence-corrected chi connectivity index (χ1v) is 4.16. The fourth-order valence-corrected chi connectivity index (χ4v) is 0.864. The van der Waals surface area contributed by atoms with Crippen molar-refractivity contribution in [2.24, 2.45) is 0 Å². The van der Waals surface area contributed by atoms with E-state index in [9.17, 15) is 9.59 Å². The molecule has 0 saturated heterocycles. The van der Waals surface area contributed by atoms with E-state index in [2.05, 4.69) is 10.1 Å². The van der Waals surface area contributed by atoms with Crippen LogP contribution in [-0.4, -0.2) is 32.6 Å². The molecule has 0 saturated carbocycles. The van der Waals surface area contributed by atoms with Crippen LogP contribution < -0.4 is 10.1 Å². The second-order valence-corrected chi connectivity index (χ2v) is 2.58. The third-order valence-corrected chi connectivity index (χ3v) is 1.63. The van der Waals surface area contributed by atoms with E-state index in [1.807, 2.05) is 0 Å². The number of rotatable bonds is 4. The van der Waals surface area contributed by atoms with Crippen LogP contribution in [0.3, 0.4) is 0 Å². The summed E-state index contributed by atoms with van der Waals surface area (Å²) in [5, 5.41) is 2.32. The summed E-state index contributed by atoms with van der Waals surface area (Å²) in [7, 11) is 2.67. The Morgan fingerprint density at radius 1 is 1.40 bits per heavy atom. The van der Waals surface area contributed by atoms with Crippen molar-refractivity contribution in [2.45, 2.75) is 0 Å². The highest BCUT2D eigenvalue weighted by Gasteiger charge is 2.12. The molecule has 0 bridgehead atoms. The lowest BCUT2D eigenvalue weighted by atomic mass is 10.4. The van der Waals surface area contributed by atoms with E-state index in [4.69, 9.17) is 9.15 Å². The van der Waals surface area contributed by atoms with Gasteiger partial charge in [0.1, 0.15) is 6.54 Å². The molecule has 15 heavy (non-hydrogen) atoms. The molecule has 0 fully saturated rings. The minimum Gasteiger partial charge on any atom is -0.468 e. The molecule has 0 aromatic carbocycles. The normalized spacial score (nSPS) is 9.47. The third-order valence-electron chi connectivity index (χ3n) is 1.63. The Kier molecular flexibility index (Phi) is 3.73. The molecule has 0 spiro atoms.